The summed E-state index contributed by atoms with van der Waals surface area (Å²) in [5.41, 5.74) is 0. The predicted molar refractivity (Wildman–Crippen MR) is 60.5 cm³/mol. The van der Waals surface area contributed by atoms with Gasteiger partial charge in [0.25, 0.3) is 0 Å². The summed E-state index contributed by atoms with van der Waals surface area (Å²) in [6, 6.07) is 0.845. The van der Waals surface area contributed by atoms with Crippen LogP contribution in [0, 0.1) is 5.92 Å². The first kappa shape index (κ1) is 10.4. The number of nitrogens with one attached hydrogen (secondary N) is 1. The summed E-state index contributed by atoms with van der Waals surface area (Å²) in [5, 5.41) is 3.45. The number of rotatable bonds is 3. The molecule has 2 heteroatoms. The normalized spacial score (nSPS) is 34.9. The highest BCUT2D eigenvalue weighted by Gasteiger charge is 2.20. The van der Waals surface area contributed by atoms with E-state index in [4.69, 9.17) is 0 Å². The lowest BCUT2D eigenvalue weighted by atomic mass is 10.0. The highest BCUT2D eigenvalue weighted by molar-refractivity contribution is 4.76. The summed E-state index contributed by atoms with van der Waals surface area (Å²) in [6.45, 7) is 7.60. The molecule has 0 saturated carbocycles. The fraction of sp³-hybridized carbons (Fsp3) is 1.00. The van der Waals surface area contributed by atoms with Gasteiger partial charge in [0.05, 0.1) is 0 Å². The van der Waals surface area contributed by atoms with E-state index in [9.17, 15) is 0 Å². The Kier molecular flexibility index (Phi) is 3.82. The van der Waals surface area contributed by atoms with Crippen molar-refractivity contribution in [3.63, 3.8) is 0 Å². The zero-order chi connectivity index (χ0) is 9.80. The number of hydrogen-bond acceptors (Lipinski definition) is 2. The van der Waals surface area contributed by atoms with Crippen LogP contribution in [0.4, 0.5) is 0 Å². The molecule has 2 aliphatic heterocycles. The highest BCUT2D eigenvalue weighted by atomic mass is 15.2. The zero-order valence-electron chi connectivity index (χ0n) is 9.47. The first-order valence-corrected chi connectivity index (χ1v) is 6.31. The van der Waals surface area contributed by atoms with E-state index in [1.807, 2.05) is 0 Å². The van der Waals surface area contributed by atoms with E-state index in [0.717, 1.165) is 12.0 Å². The minimum absolute atomic E-state index is 0.845. The summed E-state index contributed by atoms with van der Waals surface area (Å²) in [6.07, 6.45) is 7.11. The van der Waals surface area contributed by atoms with Crippen LogP contribution >= 0.6 is 0 Å². The third-order valence-corrected chi connectivity index (χ3v) is 3.93. The predicted octanol–water partition coefficient (Wildman–Crippen LogP) is 1.86. The van der Waals surface area contributed by atoms with E-state index >= 15 is 0 Å². The average molecular weight is 196 g/mol. The first-order chi connectivity index (χ1) is 6.86. The van der Waals surface area contributed by atoms with Crippen molar-refractivity contribution in [2.24, 2.45) is 5.92 Å². The Balaban J connectivity index is 1.67. The van der Waals surface area contributed by atoms with Crippen LogP contribution in [-0.4, -0.2) is 37.1 Å². The quantitative estimate of drug-likeness (QED) is 0.741. The molecule has 2 rings (SSSR count). The maximum Gasteiger partial charge on any atom is 0.00669 e. The third kappa shape index (κ3) is 2.71. The molecule has 2 nitrogen and oxygen atoms in total. The molecule has 2 atom stereocenters. The number of nitrogens with zero attached hydrogens (tertiary/aromatic N) is 1. The maximum atomic E-state index is 3.45. The molecular weight excluding hydrogens is 172 g/mol. The molecule has 2 fully saturated rings. The average Bonchev–Trinajstić information content (AvgIpc) is 2.69. The number of likely N-dealkylation sites (tertiary alicyclic amines) is 1. The van der Waals surface area contributed by atoms with Gasteiger partial charge in [0.2, 0.25) is 0 Å². The van der Waals surface area contributed by atoms with Crippen LogP contribution in [0.3, 0.4) is 0 Å². The minimum atomic E-state index is 0.845. The van der Waals surface area contributed by atoms with Crippen LogP contribution in [0.1, 0.15) is 39.0 Å². The Morgan fingerprint density at radius 3 is 2.93 bits per heavy atom. The lowest BCUT2D eigenvalue weighted by Gasteiger charge is -2.33. The van der Waals surface area contributed by atoms with Crippen molar-refractivity contribution in [2.75, 3.05) is 26.2 Å². The van der Waals surface area contributed by atoms with E-state index < -0.39 is 0 Å². The van der Waals surface area contributed by atoms with Crippen molar-refractivity contribution in [1.82, 2.24) is 10.2 Å². The van der Waals surface area contributed by atoms with Crippen LogP contribution in [0.2, 0.25) is 0 Å². The van der Waals surface area contributed by atoms with Gasteiger partial charge in [-0.05, 0) is 64.7 Å². The van der Waals surface area contributed by atoms with Gasteiger partial charge >= 0.3 is 0 Å². The summed E-state index contributed by atoms with van der Waals surface area (Å²) < 4.78 is 0. The van der Waals surface area contributed by atoms with Crippen molar-refractivity contribution >= 4 is 0 Å². The Hall–Kier alpha value is -0.0800. The van der Waals surface area contributed by atoms with Gasteiger partial charge in [0.15, 0.2) is 0 Å². The van der Waals surface area contributed by atoms with Crippen molar-refractivity contribution in [2.45, 2.75) is 45.1 Å². The van der Waals surface area contributed by atoms with Gasteiger partial charge in [0.1, 0.15) is 0 Å². The molecule has 0 aromatic heterocycles. The van der Waals surface area contributed by atoms with Crippen LogP contribution < -0.4 is 5.32 Å². The van der Waals surface area contributed by atoms with Crippen LogP contribution in [-0.2, 0) is 0 Å². The molecule has 2 saturated heterocycles. The molecule has 2 heterocycles. The molecule has 14 heavy (non-hydrogen) atoms. The van der Waals surface area contributed by atoms with E-state index in [1.165, 1.54) is 58.3 Å². The van der Waals surface area contributed by atoms with Gasteiger partial charge in [-0.3, -0.25) is 0 Å². The lowest BCUT2D eigenvalue weighted by Crippen LogP contribution is -2.38. The van der Waals surface area contributed by atoms with E-state index in [1.54, 1.807) is 0 Å². The Labute approximate surface area is 88.1 Å². The molecule has 0 radical (unpaired) electrons. The number of hydrogen-bond donors (Lipinski definition) is 1. The van der Waals surface area contributed by atoms with Gasteiger partial charge < -0.3 is 10.2 Å². The van der Waals surface area contributed by atoms with Crippen LogP contribution in [0.15, 0.2) is 0 Å². The van der Waals surface area contributed by atoms with Gasteiger partial charge in [-0.1, -0.05) is 6.42 Å². The van der Waals surface area contributed by atoms with Crippen molar-refractivity contribution in [3.05, 3.63) is 0 Å². The summed E-state index contributed by atoms with van der Waals surface area (Å²) in [7, 11) is 0. The van der Waals surface area contributed by atoms with Gasteiger partial charge in [0, 0.05) is 6.04 Å². The van der Waals surface area contributed by atoms with Crippen LogP contribution in [0.25, 0.3) is 0 Å². The summed E-state index contributed by atoms with van der Waals surface area (Å²) >= 11 is 0. The SMILES string of the molecule is CC1CCCCN1CCC1CCNC1. The van der Waals surface area contributed by atoms with E-state index in [0.29, 0.717) is 0 Å². The molecule has 0 spiro atoms. The second-order valence-corrected chi connectivity index (χ2v) is 5.03. The monoisotopic (exact) mass is 196 g/mol. The second-order valence-electron chi connectivity index (χ2n) is 5.03. The fourth-order valence-electron chi connectivity index (χ4n) is 2.80. The molecule has 0 aliphatic carbocycles. The Morgan fingerprint density at radius 2 is 2.21 bits per heavy atom. The van der Waals surface area contributed by atoms with Gasteiger partial charge in [-0.25, -0.2) is 0 Å². The third-order valence-electron chi connectivity index (χ3n) is 3.93. The fourth-order valence-corrected chi connectivity index (χ4v) is 2.80. The van der Waals surface area contributed by atoms with Gasteiger partial charge in [-0.15, -0.1) is 0 Å². The van der Waals surface area contributed by atoms with Crippen molar-refractivity contribution in [1.29, 1.82) is 0 Å². The van der Waals surface area contributed by atoms with E-state index in [-0.39, 0.29) is 0 Å². The maximum absolute atomic E-state index is 3.45. The molecule has 2 aliphatic rings. The molecule has 1 N–H and O–H groups in total. The Bertz CT molecular complexity index is 164. The molecule has 0 aromatic carbocycles. The second kappa shape index (κ2) is 5.13. The highest BCUT2D eigenvalue weighted by Crippen LogP contribution is 2.19. The van der Waals surface area contributed by atoms with Crippen molar-refractivity contribution in [3.8, 4) is 0 Å². The summed E-state index contributed by atoms with van der Waals surface area (Å²) in [4.78, 5) is 2.70. The Morgan fingerprint density at radius 1 is 1.29 bits per heavy atom. The van der Waals surface area contributed by atoms with E-state index in [2.05, 4.69) is 17.1 Å². The van der Waals surface area contributed by atoms with Crippen molar-refractivity contribution < 1.29 is 0 Å². The zero-order valence-corrected chi connectivity index (χ0v) is 9.47. The molecule has 82 valence electrons. The first-order valence-electron chi connectivity index (χ1n) is 6.31. The lowest BCUT2D eigenvalue weighted by molar-refractivity contribution is 0.152. The van der Waals surface area contributed by atoms with Gasteiger partial charge in [-0.2, -0.15) is 0 Å². The standard InChI is InChI=1S/C12H24N2/c1-11-4-2-3-8-14(11)9-6-12-5-7-13-10-12/h11-13H,2-10H2,1H3. The summed E-state index contributed by atoms with van der Waals surface area (Å²) in [5.74, 6) is 0.962. The minimum Gasteiger partial charge on any atom is -0.316 e. The van der Waals surface area contributed by atoms with Crippen LogP contribution in [0.5, 0.6) is 0 Å². The molecule has 0 amide bonds. The molecular formula is C12H24N2. The smallest absolute Gasteiger partial charge is 0.00669 e. The largest absolute Gasteiger partial charge is 0.316 e. The molecule has 0 aromatic rings. The molecule has 0 bridgehead atoms. The topological polar surface area (TPSA) is 15.3 Å². The molecule has 2 unspecified atom stereocenters. The number of piperidine rings is 1.